The molecule has 3 saturated heterocycles. The molecule has 3 fully saturated rings. The number of nitrogens with zero attached hydrogens (tertiary/aromatic N) is 3. The van der Waals surface area contributed by atoms with E-state index >= 15 is 0 Å². The molecule has 1 aromatic heterocycles. The van der Waals surface area contributed by atoms with Gasteiger partial charge in [0.2, 0.25) is 0 Å². The first-order valence-corrected chi connectivity index (χ1v) is 6.63. The summed E-state index contributed by atoms with van der Waals surface area (Å²) in [5.74, 6) is 1.31. The van der Waals surface area contributed by atoms with Crippen LogP contribution >= 0.6 is 28.3 Å². The minimum atomic E-state index is 0. The predicted octanol–water partition coefficient (Wildman–Crippen LogP) is 2.46. The average Bonchev–Trinajstić information content (AvgIpc) is 2.77. The summed E-state index contributed by atoms with van der Waals surface area (Å²) >= 11 is 3.22. The minimum absolute atomic E-state index is 0. The number of rotatable bonds is 3. The quantitative estimate of drug-likeness (QED) is 0.796. The van der Waals surface area contributed by atoms with Gasteiger partial charge in [-0.15, -0.1) is 12.4 Å². The van der Waals surface area contributed by atoms with Crippen LogP contribution in [0.2, 0.25) is 0 Å². The van der Waals surface area contributed by atoms with Crippen LogP contribution in [0, 0.1) is 5.92 Å². The van der Waals surface area contributed by atoms with E-state index < -0.39 is 0 Å². The fourth-order valence-electron chi connectivity index (χ4n) is 2.42. The summed E-state index contributed by atoms with van der Waals surface area (Å²) in [4.78, 5) is 7.76. The maximum atomic E-state index is 5.33. The molecule has 0 aromatic carbocycles. The Kier molecular flexibility index (Phi) is 4.64. The summed E-state index contributed by atoms with van der Waals surface area (Å²) in [5.41, 5.74) is 1.18. The van der Waals surface area contributed by atoms with Gasteiger partial charge in [0.15, 0.2) is 12.4 Å². The molecule has 1 aromatic rings. The Balaban J connectivity index is 0.00000120. The lowest BCUT2D eigenvalue weighted by Crippen LogP contribution is -2.47. The zero-order valence-corrected chi connectivity index (χ0v) is 12.2. The molecule has 0 saturated carbocycles. The molecule has 0 atom stereocenters. The van der Waals surface area contributed by atoms with E-state index in [0.29, 0.717) is 22.9 Å². The van der Waals surface area contributed by atoms with Gasteiger partial charge in [-0.1, -0.05) is 10.3 Å². The summed E-state index contributed by atoms with van der Waals surface area (Å²) in [5, 5.41) is 7.97. The Morgan fingerprint density at radius 1 is 1.50 bits per heavy atom. The van der Waals surface area contributed by atoms with Crippen molar-refractivity contribution in [2.24, 2.45) is 11.1 Å². The van der Waals surface area contributed by atoms with E-state index in [9.17, 15) is 0 Å². The van der Waals surface area contributed by atoms with Crippen molar-refractivity contribution < 1.29 is 9.36 Å². The zero-order valence-electron chi connectivity index (χ0n) is 9.84. The number of halogens is 2. The third kappa shape index (κ3) is 3.05. The van der Waals surface area contributed by atoms with Crippen molar-refractivity contribution >= 4 is 34.0 Å². The molecule has 4 rings (SSSR count). The molecule has 3 aliphatic rings. The smallest absolute Gasteiger partial charge is 0.178 e. The standard InChI is InChI=1S/C11H14BrN3O2.ClH/c12-11-5-9(17-14-11)7-16-13-10-6-15-3-1-8(10)2-4-15;/h5,8H,1-4,6-7H2;1H/b13-10+;. The first-order chi connectivity index (χ1) is 8.31. The molecule has 0 amide bonds. The number of hydrogen-bond acceptors (Lipinski definition) is 5. The van der Waals surface area contributed by atoms with Crippen LogP contribution in [0.15, 0.2) is 20.3 Å². The van der Waals surface area contributed by atoms with Crippen molar-refractivity contribution in [3.05, 3.63) is 16.4 Å². The SMILES string of the molecule is Brc1cc(CO/N=C2\CN3CCC2CC3)on1.Cl. The van der Waals surface area contributed by atoms with Gasteiger partial charge in [0, 0.05) is 18.5 Å². The van der Waals surface area contributed by atoms with Gasteiger partial charge in [-0.3, -0.25) is 4.90 Å². The van der Waals surface area contributed by atoms with E-state index in [2.05, 4.69) is 31.1 Å². The van der Waals surface area contributed by atoms with Gasteiger partial charge in [-0.25, -0.2) is 0 Å². The van der Waals surface area contributed by atoms with Gasteiger partial charge in [0.05, 0.1) is 5.71 Å². The Bertz CT molecular complexity index is 430. The third-order valence-corrected chi connectivity index (χ3v) is 3.74. The summed E-state index contributed by atoms with van der Waals surface area (Å²) in [6, 6.07) is 1.79. The Labute approximate surface area is 120 Å². The summed E-state index contributed by atoms with van der Waals surface area (Å²) < 4.78 is 5.70. The summed E-state index contributed by atoms with van der Waals surface area (Å²) in [6.07, 6.45) is 2.44. The highest BCUT2D eigenvalue weighted by Crippen LogP contribution is 2.25. The minimum Gasteiger partial charge on any atom is -0.387 e. The maximum Gasteiger partial charge on any atom is 0.178 e. The molecule has 4 heterocycles. The highest BCUT2D eigenvalue weighted by Gasteiger charge is 2.31. The van der Waals surface area contributed by atoms with E-state index in [1.807, 2.05) is 0 Å². The zero-order chi connectivity index (χ0) is 11.7. The predicted molar refractivity (Wildman–Crippen MR) is 72.8 cm³/mol. The fourth-order valence-corrected chi connectivity index (χ4v) is 2.75. The lowest BCUT2D eigenvalue weighted by Gasteiger charge is -2.39. The van der Waals surface area contributed by atoms with Crippen LogP contribution in [-0.2, 0) is 11.4 Å². The molecule has 0 unspecified atom stereocenters. The topological polar surface area (TPSA) is 50.9 Å². The van der Waals surface area contributed by atoms with Crippen LogP contribution in [0.3, 0.4) is 0 Å². The van der Waals surface area contributed by atoms with Gasteiger partial charge in [-0.05, 0) is 41.9 Å². The van der Waals surface area contributed by atoms with Crippen LogP contribution < -0.4 is 0 Å². The lowest BCUT2D eigenvalue weighted by molar-refractivity contribution is 0.100. The van der Waals surface area contributed by atoms with Gasteiger partial charge in [0.25, 0.3) is 0 Å². The molecule has 0 N–H and O–H groups in total. The van der Waals surface area contributed by atoms with E-state index in [4.69, 9.17) is 9.36 Å². The first kappa shape index (κ1) is 13.8. The van der Waals surface area contributed by atoms with E-state index in [-0.39, 0.29) is 12.4 Å². The molecule has 7 heteroatoms. The molecule has 2 bridgehead atoms. The molecular weight excluding hydrogens is 321 g/mol. The average molecular weight is 337 g/mol. The van der Waals surface area contributed by atoms with E-state index in [1.54, 1.807) is 6.07 Å². The molecule has 18 heavy (non-hydrogen) atoms. The summed E-state index contributed by atoms with van der Waals surface area (Å²) in [6.45, 7) is 3.72. The second kappa shape index (κ2) is 6.04. The Morgan fingerprint density at radius 3 is 2.83 bits per heavy atom. The van der Waals surface area contributed by atoms with Crippen LogP contribution in [0.5, 0.6) is 0 Å². The van der Waals surface area contributed by atoms with Crippen molar-refractivity contribution in [1.29, 1.82) is 0 Å². The van der Waals surface area contributed by atoms with Gasteiger partial charge < -0.3 is 9.36 Å². The Morgan fingerprint density at radius 2 is 2.28 bits per heavy atom. The van der Waals surface area contributed by atoms with Crippen LogP contribution in [-0.4, -0.2) is 35.4 Å². The van der Waals surface area contributed by atoms with Crippen LogP contribution in [0.25, 0.3) is 0 Å². The number of fused-ring (bicyclic) bond motifs is 3. The van der Waals surface area contributed by atoms with E-state index in [0.717, 1.165) is 6.54 Å². The van der Waals surface area contributed by atoms with Crippen LogP contribution in [0.4, 0.5) is 0 Å². The largest absolute Gasteiger partial charge is 0.387 e. The van der Waals surface area contributed by atoms with E-state index in [1.165, 1.54) is 31.6 Å². The fraction of sp³-hybridized carbons (Fsp3) is 0.636. The molecule has 0 aliphatic carbocycles. The number of hydrogen-bond donors (Lipinski definition) is 0. The molecule has 0 spiro atoms. The number of oxime groups is 1. The highest BCUT2D eigenvalue weighted by molar-refractivity contribution is 9.10. The molecule has 100 valence electrons. The third-order valence-electron chi connectivity index (χ3n) is 3.36. The second-order valence-corrected chi connectivity index (χ2v) is 5.33. The lowest BCUT2D eigenvalue weighted by atomic mass is 9.87. The monoisotopic (exact) mass is 335 g/mol. The second-order valence-electron chi connectivity index (χ2n) is 4.52. The van der Waals surface area contributed by atoms with Crippen molar-refractivity contribution in [2.75, 3.05) is 19.6 Å². The van der Waals surface area contributed by atoms with Gasteiger partial charge in [-0.2, -0.15) is 0 Å². The summed E-state index contributed by atoms with van der Waals surface area (Å²) in [7, 11) is 0. The Hall–Kier alpha value is -0.590. The number of piperidine rings is 3. The van der Waals surface area contributed by atoms with Crippen LogP contribution in [0.1, 0.15) is 18.6 Å². The highest BCUT2D eigenvalue weighted by atomic mass is 79.9. The van der Waals surface area contributed by atoms with Gasteiger partial charge in [0.1, 0.15) is 4.60 Å². The van der Waals surface area contributed by atoms with Crippen molar-refractivity contribution in [3.63, 3.8) is 0 Å². The first-order valence-electron chi connectivity index (χ1n) is 5.83. The van der Waals surface area contributed by atoms with Crippen molar-refractivity contribution in [3.8, 4) is 0 Å². The molecule has 3 aliphatic heterocycles. The normalized spacial score (nSPS) is 28.2. The molecule has 0 radical (unpaired) electrons. The molecular formula is C11H15BrClN3O2. The van der Waals surface area contributed by atoms with Crippen molar-refractivity contribution in [1.82, 2.24) is 10.1 Å². The van der Waals surface area contributed by atoms with Gasteiger partial charge >= 0.3 is 0 Å². The number of aromatic nitrogens is 1. The maximum absolute atomic E-state index is 5.33. The molecule has 5 nitrogen and oxygen atoms in total. The van der Waals surface area contributed by atoms with Crippen molar-refractivity contribution in [2.45, 2.75) is 19.4 Å².